The Morgan fingerprint density at radius 2 is 1.90 bits per heavy atom. The second-order valence-electron chi connectivity index (χ2n) is 8.13. The van der Waals surface area contributed by atoms with Gasteiger partial charge in [0.25, 0.3) is 11.8 Å². The van der Waals surface area contributed by atoms with E-state index in [2.05, 4.69) is 15.6 Å². The molecule has 1 heterocycles. The molecular weight excluding hydrogens is 400 g/mol. The Kier molecular flexibility index (Phi) is 5.76. The monoisotopic (exact) mass is 425 g/mol. The zero-order valence-electron chi connectivity index (χ0n) is 17.3. The summed E-state index contributed by atoms with van der Waals surface area (Å²) in [5.41, 5.74) is 3.67. The van der Waals surface area contributed by atoms with Crippen molar-refractivity contribution in [3.63, 3.8) is 0 Å². The first kappa shape index (κ1) is 21.0. The number of aromatic amines is 1. The molecule has 7 heteroatoms. The Morgan fingerprint density at radius 1 is 1.13 bits per heavy atom. The Bertz CT molecular complexity index is 1110. The lowest BCUT2D eigenvalue weighted by atomic mass is 9.86. The second-order valence-corrected chi connectivity index (χ2v) is 8.13. The summed E-state index contributed by atoms with van der Waals surface area (Å²) < 4.78 is 27.1. The minimum Gasteiger partial charge on any atom is -0.354 e. The van der Waals surface area contributed by atoms with Gasteiger partial charge in [0.05, 0.1) is 0 Å². The molecule has 0 aliphatic heterocycles. The molecule has 2 aromatic carbocycles. The minimum atomic E-state index is -2.62. The first-order chi connectivity index (χ1) is 14.9. The Labute approximate surface area is 179 Å². The largest absolute Gasteiger partial charge is 0.354 e. The number of hydrogen-bond donors (Lipinski definition) is 3. The van der Waals surface area contributed by atoms with Gasteiger partial charge < -0.3 is 15.6 Å². The number of halogens is 2. The molecule has 0 bridgehead atoms. The zero-order chi connectivity index (χ0) is 22.0. The van der Waals surface area contributed by atoms with E-state index in [4.69, 9.17) is 0 Å². The zero-order valence-corrected chi connectivity index (χ0v) is 17.3. The molecule has 162 valence electrons. The number of fused-ring (bicyclic) bond motifs is 1. The van der Waals surface area contributed by atoms with Crippen LogP contribution in [0.15, 0.2) is 48.5 Å². The van der Waals surface area contributed by atoms with Gasteiger partial charge >= 0.3 is 0 Å². The molecule has 4 rings (SSSR count). The third kappa shape index (κ3) is 4.60. The maximum absolute atomic E-state index is 13.5. The van der Waals surface area contributed by atoms with Crippen molar-refractivity contribution in [2.75, 3.05) is 13.6 Å². The molecule has 3 N–H and O–H groups in total. The van der Waals surface area contributed by atoms with Crippen molar-refractivity contribution < 1.29 is 18.4 Å². The fourth-order valence-corrected chi connectivity index (χ4v) is 4.25. The summed E-state index contributed by atoms with van der Waals surface area (Å²) in [7, 11) is 1.58. The number of carbonyl (C=O) groups is 2. The lowest BCUT2D eigenvalue weighted by Gasteiger charge is -2.28. The highest BCUT2D eigenvalue weighted by Gasteiger charge is 2.36. The summed E-state index contributed by atoms with van der Waals surface area (Å²) >= 11 is 0. The van der Waals surface area contributed by atoms with Gasteiger partial charge in [-0.2, -0.15) is 0 Å². The molecule has 3 aromatic rings. The van der Waals surface area contributed by atoms with Crippen LogP contribution in [-0.2, 0) is 0 Å². The van der Waals surface area contributed by atoms with Gasteiger partial charge in [-0.05, 0) is 54.2 Å². The predicted molar refractivity (Wildman–Crippen MR) is 116 cm³/mol. The number of hydrogen-bond acceptors (Lipinski definition) is 2. The first-order valence-electron chi connectivity index (χ1n) is 10.5. The number of carbonyl (C=O) groups excluding carboxylic acids is 2. The molecule has 1 aliphatic rings. The van der Waals surface area contributed by atoms with Crippen LogP contribution in [0.1, 0.15) is 46.5 Å². The van der Waals surface area contributed by atoms with Gasteiger partial charge in [-0.3, -0.25) is 9.59 Å². The normalized spacial score (nSPS) is 18.0. The van der Waals surface area contributed by atoms with E-state index in [1.165, 1.54) is 0 Å². The van der Waals surface area contributed by atoms with Crippen LogP contribution in [-0.4, -0.2) is 36.3 Å². The predicted octanol–water partition coefficient (Wildman–Crippen LogP) is 4.75. The van der Waals surface area contributed by atoms with Crippen molar-refractivity contribution in [1.29, 1.82) is 0 Å². The maximum atomic E-state index is 13.5. The summed E-state index contributed by atoms with van der Waals surface area (Å²) in [6, 6.07) is 14.7. The third-order valence-electron chi connectivity index (χ3n) is 5.89. The molecule has 1 saturated carbocycles. The smallest absolute Gasteiger partial charge is 0.267 e. The molecule has 1 aliphatic carbocycles. The average molecular weight is 425 g/mol. The van der Waals surface area contributed by atoms with Gasteiger partial charge in [-0.25, -0.2) is 8.78 Å². The highest BCUT2D eigenvalue weighted by atomic mass is 19.3. The van der Waals surface area contributed by atoms with E-state index in [-0.39, 0.29) is 37.1 Å². The number of rotatable bonds is 5. The quantitative estimate of drug-likeness (QED) is 0.552. The topological polar surface area (TPSA) is 74.0 Å². The molecule has 0 saturated heterocycles. The first-order valence-corrected chi connectivity index (χ1v) is 10.5. The summed E-state index contributed by atoms with van der Waals surface area (Å²) in [5, 5.41) is 6.31. The van der Waals surface area contributed by atoms with Crippen molar-refractivity contribution in [1.82, 2.24) is 15.6 Å². The van der Waals surface area contributed by atoms with E-state index in [0.717, 1.165) is 22.0 Å². The van der Waals surface area contributed by atoms with Crippen LogP contribution in [0.4, 0.5) is 8.78 Å². The van der Waals surface area contributed by atoms with Gasteiger partial charge in [0.1, 0.15) is 5.69 Å². The standard InChI is InChI=1S/C24H25F2N3O2/c1-27-23(31)21-12-19-18(5-2-6-20(19)29-21)16-7-9-17(10-8-16)22(30)28-14-15-4-3-11-24(25,26)13-15/h2,5-10,12,15,29H,3-4,11,13-14H2,1H3,(H,27,31)(H,28,30). The average Bonchev–Trinajstić information content (AvgIpc) is 3.21. The molecule has 0 spiro atoms. The van der Waals surface area contributed by atoms with Crippen molar-refractivity contribution in [3.8, 4) is 11.1 Å². The van der Waals surface area contributed by atoms with E-state index in [1.54, 1.807) is 19.2 Å². The van der Waals surface area contributed by atoms with Crippen LogP contribution < -0.4 is 10.6 Å². The van der Waals surface area contributed by atoms with Crippen molar-refractivity contribution in [2.45, 2.75) is 31.6 Å². The van der Waals surface area contributed by atoms with E-state index >= 15 is 0 Å². The van der Waals surface area contributed by atoms with Crippen molar-refractivity contribution in [3.05, 3.63) is 59.8 Å². The highest BCUT2D eigenvalue weighted by Crippen LogP contribution is 2.36. The molecular formula is C24H25F2N3O2. The Morgan fingerprint density at radius 3 is 2.61 bits per heavy atom. The van der Waals surface area contributed by atoms with Gasteiger partial charge in [-0.15, -0.1) is 0 Å². The number of alkyl halides is 2. The SMILES string of the molecule is CNC(=O)c1cc2c(-c3ccc(C(=O)NCC4CCCC(F)(F)C4)cc3)cccc2[nH]1. The molecule has 2 amide bonds. The second kappa shape index (κ2) is 8.49. The summed E-state index contributed by atoms with van der Waals surface area (Å²) in [6.07, 6.45) is 0.991. The van der Waals surface area contributed by atoms with Gasteiger partial charge in [0, 0.05) is 42.9 Å². The van der Waals surface area contributed by atoms with Gasteiger partial charge in [0.2, 0.25) is 5.92 Å². The number of nitrogens with one attached hydrogen (secondary N) is 3. The molecule has 5 nitrogen and oxygen atoms in total. The molecule has 0 radical (unpaired) electrons. The van der Waals surface area contributed by atoms with E-state index < -0.39 is 5.92 Å². The van der Waals surface area contributed by atoms with Crippen LogP contribution in [0.3, 0.4) is 0 Å². The maximum Gasteiger partial charge on any atom is 0.267 e. The lowest BCUT2D eigenvalue weighted by Crippen LogP contribution is -2.35. The van der Waals surface area contributed by atoms with Gasteiger partial charge in [-0.1, -0.05) is 24.3 Å². The van der Waals surface area contributed by atoms with Crippen LogP contribution >= 0.6 is 0 Å². The summed E-state index contributed by atoms with van der Waals surface area (Å²) in [6.45, 7) is 0.265. The summed E-state index contributed by atoms with van der Waals surface area (Å²) in [4.78, 5) is 27.5. The molecule has 1 fully saturated rings. The Balaban J connectivity index is 1.47. The van der Waals surface area contributed by atoms with E-state index in [0.29, 0.717) is 24.1 Å². The lowest BCUT2D eigenvalue weighted by molar-refractivity contribution is -0.0518. The van der Waals surface area contributed by atoms with Crippen LogP contribution in [0.2, 0.25) is 0 Å². The van der Waals surface area contributed by atoms with Crippen LogP contribution in [0, 0.1) is 5.92 Å². The van der Waals surface area contributed by atoms with Crippen molar-refractivity contribution in [2.24, 2.45) is 5.92 Å². The third-order valence-corrected chi connectivity index (χ3v) is 5.89. The van der Waals surface area contributed by atoms with Crippen molar-refractivity contribution >= 4 is 22.7 Å². The number of aromatic nitrogens is 1. The van der Waals surface area contributed by atoms with E-state index in [1.807, 2.05) is 36.4 Å². The van der Waals surface area contributed by atoms with Crippen LogP contribution in [0.25, 0.3) is 22.0 Å². The fourth-order valence-electron chi connectivity index (χ4n) is 4.25. The highest BCUT2D eigenvalue weighted by molar-refractivity contribution is 6.03. The minimum absolute atomic E-state index is 0.0581. The Hall–Kier alpha value is -3.22. The number of amides is 2. The molecule has 1 unspecified atom stereocenters. The van der Waals surface area contributed by atoms with Crippen LogP contribution in [0.5, 0.6) is 0 Å². The fraction of sp³-hybridized carbons (Fsp3) is 0.333. The number of H-pyrrole nitrogens is 1. The molecule has 1 atom stereocenters. The van der Waals surface area contributed by atoms with Gasteiger partial charge in [0.15, 0.2) is 0 Å². The number of benzene rings is 2. The van der Waals surface area contributed by atoms with E-state index in [9.17, 15) is 18.4 Å². The summed E-state index contributed by atoms with van der Waals surface area (Å²) in [5.74, 6) is -3.26. The molecule has 31 heavy (non-hydrogen) atoms. The molecule has 1 aromatic heterocycles.